The van der Waals surface area contributed by atoms with Gasteiger partial charge < -0.3 is 10.5 Å². The molecule has 1 saturated carbocycles. The number of hydrogen-bond donors (Lipinski definition) is 2. The maximum atomic E-state index is 11.6. The summed E-state index contributed by atoms with van der Waals surface area (Å²) >= 11 is 0. The standard InChI is InChI=1S/C15H22N2O2/c1-14(2,3)19-13(18)17-12-7-5-11(6-8-12)15(16)9-4-10-15/h5-8H,4,9-10,16H2,1-3H3,(H,17,18). The zero-order valence-corrected chi connectivity index (χ0v) is 11.8. The molecule has 0 spiro atoms. The maximum Gasteiger partial charge on any atom is 0.412 e. The van der Waals surface area contributed by atoms with E-state index in [4.69, 9.17) is 10.5 Å². The number of amides is 1. The molecule has 0 atom stereocenters. The summed E-state index contributed by atoms with van der Waals surface area (Å²) in [6.07, 6.45) is 2.82. The molecule has 4 heteroatoms. The van der Waals surface area contributed by atoms with E-state index in [1.54, 1.807) is 0 Å². The van der Waals surface area contributed by atoms with Gasteiger partial charge in [-0.05, 0) is 57.7 Å². The van der Waals surface area contributed by atoms with Crippen molar-refractivity contribution in [2.45, 2.75) is 51.2 Å². The van der Waals surface area contributed by atoms with Crippen LogP contribution in [0.25, 0.3) is 0 Å². The monoisotopic (exact) mass is 262 g/mol. The number of nitrogens with one attached hydrogen (secondary N) is 1. The van der Waals surface area contributed by atoms with Gasteiger partial charge in [0.25, 0.3) is 0 Å². The van der Waals surface area contributed by atoms with Crippen molar-refractivity contribution in [2.75, 3.05) is 5.32 Å². The molecule has 1 aromatic carbocycles. The van der Waals surface area contributed by atoms with Gasteiger partial charge in [-0.25, -0.2) is 4.79 Å². The van der Waals surface area contributed by atoms with Crippen molar-refractivity contribution >= 4 is 11.8 Å². The third-order valence-corrected chi connectivity index (χ3v) is 3.35. The molecule has 19 heavy (non-hydrogen) atoms. The van der Waals surface area contributed by atoms with E-state index in [1.807, 2.05) is 45.0 Å². The summed E-state index contributed by atoms with van der Waals surface area (Å²) in [4.78, 5) is 11.6. The van der Waals surface area contributed by atoms with Crippen molar-refractivity contribution in [1.29, 1.82) is 0 Å². The molecule has 1 amide bonds. The molecule has 104 valence electrons. The van der Waals surface area contributed by atoms with Crippen molar-refractivity contribution in [2.24, 2.45) is 5.73 Å². The lowest BCUT2D eigenvalue weighted by Gasteiger charge is -2.38. The Morgan fingerprint density at radius 2 is 1.84 bits per heavy atom. The van der Waals surface area contributed by atoms with Crippen molar-refractivity contribution in [3.05, 3.63) is 29.8 Å². The van der Waals surface area contributed by atoms with Crippen molar-refractivity contribution in [1.82, 2.24) is 0 Å². The van der Waals surface area contributed by atoms with Crippen LogP contribution < -0.4 is 11.1 Å². The van der Waals surface area contributed by atoms with Crippen LogP contribution in [-0.4, -0.2) is 11.7 Å². The topological polar surface area (TPSA) is 64.3 Å². The van der Waals surface area contributed by atoms with Crippen LogP contribution in [0.1, 0.15) is 45.6 Å². The SMILES string of the molecule is CC(C)(C)OC(=O)Nc1ccc(C2(N)CCC2)cc1. The van der Waals surface area contributed by atoms with Gasteiger partial charge in [-0.1, -0.05) is 12.1 Å². The fourth-order valence-electron chi connectivity index (χ4n) is 2.15. The van der Waals surface area contributed by atoms with Crippen LogP contribution in [0.3, 0.4) is 0 Å². The number of anilines is 1. The molecule has 1 aromatic rings. The van der Waals surface area contributed by atoms with Crippen LogP contribution >= 0.6 is 0 Å². The molecule has 3 N–H and O–H groups in total. The molecule has 0 unspecified atom stereocenters. The second-order valence-corrected chi connectivity index (χ2v) is 6.21. The molecule has 1 aliphatic carbocycles. The Labute approximate surface area is 114 Å². The first kappa shape index (κ1) is 13.9. The maximum absolute atomic E-state index is 11.6. The Morgan fingerprint density at radius 3 is 2.26 bits per heavy atom. The lowest BCUT2D eigenvalue weighted by Crippen LogP contribution is -2.43. The minimum atomic E-state index is -0.489. The average Bonchev–Trinajstić information content (AvgIpc) is 2.24. The Balaban J connectivity index is 1.97. The summed E-state index contributed by atoms with van der Waals surface area (Å²) < 4.78 is 5.20. The molecular weight excluding hydrogens is 240 g/mol. The van der Waals surface area contributed by atoms with E-state index in [0.717, 1.165) is 24.1 Å². The first-order chi connectivity index (χ1) is 8.78. The summed E-state index contributed by atoms with van der Waals surface area (Å²) in [5.41, 5.74) is 7.45. The highest BCUT2D eigenvalue weighted by Crippen LogP contribution is 2.38. The molecule has 0 radical (unpaired) electrons. The lowest BCUT2D eigenvalue weighted by molar-refractivity contribution is 0.0636. The van der Waals surface area contributed by atoms with E-state index in [1.165, 1.54) is 6.42 Å². The molecule has 0 bridgehead atoms. The van der Waals surface area contributed by atoms with Crippen molar-refractivity contribution < 1.29 is 9.53 Å². The van der Waals surface area contributed by atoms with Gasteiger partial charge >= 0.3 is 6.09 Å². The van der Waals surface area contributed by atoms with Crippen LogP contribution in [-0.2, 0) is 10.3 Å². The van der Waals surface area contributed by atoms with Crippen molar-refractivity contribution in [3.8, 4) is 0 Å². The lowest BCUT2D eigenvalue weighted by atomic mass is 9.73. The molecule has 4 nitrogen and oxygen atoms in total. The van der Waals surface area contributed by atoms with E-state index in [9.17, 15) is 4.79 Å². The van der Waals surface area contributed by atoms with Crippen LogP contribution in [0.5, 0.6) is 0 Å². The van der Waals surface area contributed by atoms with E-state index < -0.39 is 11.7 Å². The quantitative estimate of drug-likeness (QED) is 0.858. The summed E-state index contributed by atoms with van der Waals surface area (Å²) in [6, 6.07) is 7.69. The summed E-state index contributed by atoms with van der Waals surface area (Å²) in [5.74, 6) is 0. The van der Waals surface area contributed by atoms with Gasteiger partial charge in [0, 0.05) is 11.2 Å². The Morgan fingerprint density at radius 1 is 1.26 bits per heavy atom. The largest absolute Gasteiger partial charge is 0.444 e. The van der Waals surface area contributed by atoms with Gasteiger partial charge in [0.1, 0.15) is 5.60 Å². The molecule has 0 aromatic heterocycles. The highest BCUT2D eigenvalue weighted by molar-refractivity contribution is 5.84. The number of carbonyl (C=O) groups excluding carboxylic acids is 1. The van der Waals surface area contributed by atoms with Gasteiger partial charge in [-0.2, -0.15) is 0 Å². The molecule has 1 aliphatic rings. The van der Waals surface area contributed by atoms with Crippen LogP contribution in [0.15, 0.2) is 24.3 Å². The molecule has 1 fully saturated rings. The number of benzene rings is 1. The molecule has 0 aliphatic heterocycles. The first-order valence-corrected chi connectivity index (χ1v) is 6.68. The minimum absolute atomic E-state index is 0.162. The number of rotatable bonds is 2. The Hall–Kier alpha value is -1.55. The van der Waals surface area contributed by atoms with Gasteiger partial charge in [0.2, 0.25) is 0 Å². The van der Waals surface area contributed by atoms with Crippen LogP contribution in [0.4, 0.5) is 10.5 Å². The number of hydrogen-bond acceptors (Lipinski definition) is 3. The number of ether oxygens (including phenoxy) is 1. The molecule has 2 rings (SSSR count). The second kappa shape index (κ2) is 4.85. The van der Waals surface area contributed by atoms with Crippen molar-refractivity contribution in [3.63, 3.8) is 0 Å². The summed E-state index contributed by atoms with van der Waals surface area (Å²) in [7, 11) is 0. The van der Waals surface area contributed by atoms with E-state index in [2.05, 4.69) is 5.32 Å². The smallest absolute Gasteiger partial charge is 0.412 e. The average molecular weight is 262 g/mol. The molecule has 0 saturated heterocycles. The zero-order valence-electron chi connectivity index (χ0n) is 11.8. The zero-order chi connectivity index (χ0) is 14.1. The highest BCUT2D eigenvalue weighted by Gasteiger charge is 2.34. The van der Waals surface area contributed by atoms with E-state index >= 15 is 0 Å². The summed E-state index contributed by atoms with van der Waals surface area (Å²) in [5, 5.41) is 2.71. The minimum Gasteiger partial charge on any atom is -0.444 e. The fourth-order valence-corrected chi connectivity index (χ4v) is 2.15. The van der Waals surface area contributed by atoms with E-state index in [-0.39, 0.29) is 5.54 Å². The Kier molecular flexibility index (Phi) is 3.54. The molecule has 0 heterocycles. The number of nitrogens with two attached hydrogens (primary N) is 1. The van der Waals surface area contributed by atoms with Gasteiger partial charge in [-0.3, -0.25) is 5.32 Å². The normalized spacial score (nSPS) is 17.5. The predicted molar refractivity (Wildman–Crippen MR) is 76.0 cm³/mol. The fraction of sp³-hybridized carbons (Fsp3) is 0.533. The second-order valence-electron chi connectivity index (χ2n) is 6.21. The molecular formula is C15H22N2O2. The van der Waals surface area contributed by atoms with Crippen LogP contribution in [0.2, 0.25) is 0 Å². The van der Waals surface area contributed by atoms with Crippen LogP contribution in [0, 0.1) is 0 Å². The van der Waals surface area contributed by atoms with Gasteiger partial charge in [-0.15, -0.1) is 0 Å². The van der Waals surface area contributed by atoms with Gasteiger partial charge in [0.15, 0.2) is 0 Å². The van der Waals surface area contributed by atoms with Gasteiger partial charge in [0.05, 0.1) is 0 Å². The third kappa shape index (κ3) is 3.47. The highest BCUT2D eigenvalue weighted by atomic mass is 16.6. The first-order valence-electron chi connectivity index (χ1n) is 6.68. The third-order valence-electron chi connectivity index (χ3n) is 3.35. The van der Waals surface area contributed by atoms with E-state index in [0.29, 0.717) is 0 Å². The number of carbonyl (C=O) groups is 1. The summed E-state index contributed by atoms with van der Waals surface area (Å²) in [6.45, 7) is 5.51. The Bertz CT molecular complexity index is 456. The predicted octanol–water partition coefficient (Wildman–Crippen LogP) is 3.37.